The molecule has 1 amide bonds. The summed E-state index contributed by atoms with van der Waals surface area (Å²) in [5.74, 6) is -0.325. The van der Waals surface area contributed by atoms with Gasteiger partial charge in [0.1, 0.15) is 0 Å². The van der Waals surface area contributed by atoms with Crippen LogP contribution < -0.4 is 5.48 Å². The molecule has 1 rings (SSSR count). The maximum Gasteiger partial charge on any atom is 0.265 e. The number of nitrogens with one attached hydrogen (secondary N) is 1. The van der Waals surface area contributed by atoms with Gasteiger partial charge in [0.25, 0.3) is 5.91 Å². The smallest absolute Gasteiger partial charge is 0.265 e. The maximum absolute atomic E-state index is 12.4. The molecule has 21 heavy (non-hydrogen) atoms. The van der Waals surface area contributed by atoms with Gasteiger partial charge in [-0.25, -0.2) is 18.2 Å². The predicted molar refractivity (Wildman–Crippen MR) is 83.5 cm³/mol. The third kappa shape index (κ3) is 4.66. The Morgan fingerprint density at radius 3 is 2.14 bits per heavy atom. The molecule has 6 nitrogen and oxygen atoms in total. The fraction of sp³-hybridized carbons (Fsp3) is 0.929. The molecule has 0 aliphatic carbocycles. The number of carbonyl (C=O) groups excluding carboxylic acids is 1. The molecule has 0 unspecified atom stereocenters. The number of amides is 1. The van der Waals surface area contributed by atoms with Crippen LogP contribution in [0.2, 0.25) is 0 Å². The molecular formula is C14H30N2O4S. The van der Waals surface area contributed by atoms with Gasteiger partial charge in [-0.15, -0.1) is 0 Å². The second-order valence-corrected chi connectivity index (χ2v) is 8.07. The zero-order valence-electron chi connectivity index (χ0n) is 13.8. The van der Waals surface area contributed by atoms with Gasteiger partial charge in [0.15, 0.2) is 4.75 Å². The Balaban J connectivity index is 0.00000191. The predicted octanol–water partition coefficient (Wildman–Crippen LogP) is 2.14. The molecule has 1 fully saturated rings. The van der Waals surface area contributed by atoms with E-state index in [2.05, 4.69) is 6.92 Å². The lowest BCUT2D eigenvalue weighted by atomic mass is 9.94. The molecule has 0 radical (unpaired) electrons. The Morgan fingerprint density at radius 2 is 1.76 bits per heavy atom. The molecular weight excluding hydrogens is 292 g/mol. The number of rotatable bonds is 5. The van der Waals surface area contributed by atoms with Crippen molar-refractivity contribution in [3.8, 4) is 0 Å². The highest BCUT2D eigenvalue weighted by Gasteiger charge is 2.46. The number of carbonyl (C=O) groups is 1. The van der Waals surface area contributed by atoms with Gasteiger partial charge in [-0.1, -0.05) is 33.6 Å². The first kappa shape index (κ1) is 20.3. The molecule has 1 saturated heterocycles. The van der Waals surface area contributed by atoms with Gasteiger partial charge in [-0.2, -0.15) is 0 Å². The van der Waals surface area contributed by atoms with Crippen molar-refractivity contribution in [2.75, 3.05) is 13.1 Å². The van der Waals surface area contributed by atoms with Crippen LogP contribution in [0.3, 0.4) is 0 Å². The monoisotopic (exact) mass is 322 g/mol. The molecule has 1 heterocycles. The van der Waals surface area contributed by atoms with Crippen LogP contribution in [0.5, 0.6) is 0 Å². The lowest BCUT2D eigenvalue weighted by Gasteiger charge is -2.35. The highest BCUT2D eigenvalue weighted by molar-refractivity contribution is 7.91. The summed E-state index contributed by atoms with van der Waals surface area (Å²) in [5, 5.41) is 8.66. The normalized spacial score (nSPS) is 17.8. The van der Waals surface area contributed by atoms with Crippen LogP contribution in [0.25, 0.3) is 0 Å². The summed E-state index contributed by atoms with van der Waals surface area (Å²) in [6.07, 6.45) is 3.90. The molecule has 0 bridgehead atoms. The lowest BCUT2D eigenvalue weighted by Crippen LogP contribution is -2.54. The van der Waals surface area contributed by atoms with Gasteiger partial charge >= 0.3 is 0 Å². The van der Waals surface area contributed by atoms with Crippen LogP contribution >= 0.6 is 0 Å². The number of hydrogen-bond donors (Lipinski definition) is 2. The third-order valence-electron chi connectivity index (χ3n) is 3.90. The number of hydrogen-bond acceptors (Lipinski definition) is 4. The largest absolute Gasteiger partial charge is 0.289 e. The van der Waals surface area contributed by atoms with Crippen molar-refractivity contribution in [3.63, 3.8) is 0 Å². The minimum Gasteiger partial charge on any atom is -0.289 e. The van der Waals surface area contributed by atoms with Crippen molar-refractivity contribution in [1.82, 2.24) is 9.79 Å². The van der Waals surface area contributed by atoms with Crippen molar-refractivity contribution in [3.05, 3.63) is 0 Å². The molecule has 0 spiro atoms. The standard InChI is InChI=1S/C12H24N2O4S.C2H6/c1-4-5-10-6-8-14(9-7-10)19(17,18)12(2,3)11(15)13-16;1-2/h10,16H,4-9H2,1-3H3,(H,13,15);1-2H3. The Kier molecular flexibility index (Phi) is 8.43. The first-order valence-electron chi connectivity index (χ1n) is 7.71. The van der Waals surface area contributed by atoms with Crippen molar-refractivity contribution < 1.29 is 18.4 Å². The SMILES string of the molecule is CC.CCCC1CCN(S(=O)(=O)C(C)(C)C(=O)NO)CC1. The summed E-state index contributed by atoms with van der Waals surface area (Å²) < 4.78 is 24.6. The molecule has 2 N–H and O–H groups in total. The molecule has 126 valence electrons. The van der Waals surface area contributed by atoms with E-state index in [9.17, 15) is 13.2 Å². The van der Waals surface area contributed by atoms with E-state index in [1.807, 2.05) is 13.8 Å². The van der Waals surface area contributed by atoms with Crippen LogP contribution in [0.15, 0.2) is 0 Å². The zero-order valence-corrected chi connectivity index (χ0v) is 14.7. The summed E-state index contributed by atoms with van der Waals surface area (Å²) in [7, 11) is -3.75. The van der Waals surface area contributed by atoms with Gasteiger partial charge in [0.2, 0.25) is 10.0 Å². The van der Waals surface area contributed by atoms with E-state index in [1.165, 1.54) is 23.6 Å². The van der Waals surface area contributed by atoms with Crippen LogP contribution in [-0.4, -0.2) is 41.7 Å². The lowest BCUT2D eigenvalue weighted by molar-refractivity contribution is -0.131. The second-order valence-electron chi connectivity index (χ2n) is 5.59. The Bertz CT molecular complexity index is 413. The average Bonchev–Trinajstić information content (AvgIpc) is 2.49. The average molecular weight is 322 g/mol. The topological polar surface area (TPSA) is 86.7 Å². The molecule has 0 aromatic carbocycles. The molecule has 1 aliphatic rings. The van der Waals surface area contributed by atoms with E-state index >= 15 is 0 Å². The summed E-state index contributed by atoms with van der Waals surface area (Å²) in [5.41, 5.74) is 1.43. The molecule has 0 atom stereocenters. The van der Waals surface area contributed by atoms with Gasteiger partial charge in [-0.3, -0.25) is 10.0 Å². The van der Waals surface area contributed by atoms with Gasteiger partial charge < -0.3 is 0 Å². The van der Waals surface area contributed by atoms with Crippen molar-refractivity contribution >= 4 is 15.9 Å². The van der Waals surface area contributed by atoms with Crippen molar-refractivity contribution in [1.29, 1.82) is 0 Å². The van der Waals surface area contributed by atoms with Crippen LogP contribution in [0.4, 0.5) is 0 Å². The first-order valence-corrected chi connectivity index (χ1v) is 9.15. The first-order chi connectivity index (χ1) is 9.77. The van der Waals surface area contributed by atoms with Gasteiger partial charge in [-0.05, 0) is 32.6 Å². The molecule has 0 aromatic heterocycles. The fourth-order valence-electron chi connectivity index (χ4n) is 2.42. The summed E-state index contributed by atoms with van der Waals surface area (Å²) in [6, 6.07) is 0. The van der Waals surface area contributed by atoms with Gasteiger partial charge in [0.05, 0.1) is 0 Å². The highest BCUT2D eigenvalue weighted by Crippen LogP contribution is 2.28. The third-order valence-corrected chi connectivity index (χ3v) is 6.42. The number of piperidine rings is 1. The van der Waals surface area contributed by atoms with E-state index in [0.717, 1.165) is 25.7 Å². The minimum absolute atomic E-state index is 0.454. The van der Waals surface area contributed by atoms with E-state index in [0.29, 0.717) is 19.0 Å². The Hall–Kier alpha value is -0.660. The number of hydroxylamine groups is 1. The van der Waals surface area contributed by atoms with Crippen LogP contribution in [-0.2, 0) is 14.8 Å². The maximum atomic E-state index is 12.4. The summed E-state index contributed by atoms with van der Waals surface area (Å²) in [6.45, 7) is 9.65. The van der Waals surface area contributed by atoms with Crippen molar-refractivity contribution in [2.24, 2.45) is 5.92 Å². The molecule has 0 saturated carbocycles. The van der Waals surface area contributed by atoms with Crippen LogP contribution in [0.1, 0.15) is 60.3 Å². The van der Waals surface area contributed by atoms with E-state index in [-0.39, 0.29) is 0 Å². The zero-order chi connectivity index (χ0) is 16.7. The molecule has 7 heteroatoms. The van der Waals surface area contributed by atoms with Crippen LogP contribution in [0, 0.1) is 5.92 Å². The second kappa shape index (κ2) is 8.70. The Labute approximate surface area is 128 Å². The number of sulfonamides is 1. The van der Waals surface area contributed by atoms with E-state index in [1.54, 1.807) is 0 Å². The minimum atomic E-state index is -3.75. The fourth-order valence-corrected chi connectivity index (χ4v) is 4.04. The van der Waals surface area contributed by atoms with Gasteiger partial charge in [0, 0.05) is 13.1 Å². The molecule has 0 aromatic rings. The van der Waals surface area contributed by atoms with E-state index in [4.69, 9.17) is 5.21 Å². The summed E-state index contributed by atoms with van der Waals surface area (Å²) in [4.78, 5) is 11.5. The quantitative estimate of drug-likeness (QED) is 0.600. The summed E-state index contributed by atoms with van der Waals surface area (Å²) >= 11 is 0. The highest BCUT2D eigenvalue weighted by atomic mass is 32.2. The Morgan fingerprint density at radius 1 is 1.29 bits per heavy atom. The molecule has 1 aliphatic heterocycles. The van der Waals surface area contributed by atoms with E-state index < -0.39 is 20.7 Å². The van der Waals surface area contributed by atoms with Crippen molar-refractivity contribution in [2.45, 2.75) is 65.0 Å². The number of nitrogens with zero attached hydrogens (tertiary/aromatic N) is 1.